The fraction of sp³-hybridized carbons (Fsp3) is 0.308. The van der Waals surface area contributed by atoms with E-state index in [1.54, 1.807) is 12.1 Å². The molecule has 1 amide bonds. The highest BCUT2D eigenvalue weighted by Gasteiger charge is 2.20. The first-order chi connectivity index (χ1) is 17.7. The largest absolute Gasteiger partial charge is 0.483 e. The van der Waals surface area contributed by atoms with Crippen LogP contribution in [0.25, 0.3) is 11.3 Å². The molecule has 0 saturated carbocycles. The molecule has 4 rings (SSSR count). The third-order valence-corrected chi connectivity index (χ3v) is 7.85. The van der Waals surface area contributed by atoms with Crippen molar-refractivity contribution in [2.45, 2.75) is 51.4 Å². The molecule has 2 aromatic heterocycles. The molecule has 0 aliphatic carbocycles. The van der Waals surface area contributed by atoms with Gasteiger partial charge in [0.15, 0.2) is 22.2 Å². The van der Waals surface area contributed by atoms with Gasteiger partial charge in [-0.3, -0.25) is 4.79 Å². The Morgan fingerprint density at radius 3 is 2.57 bits per heavy atom. The third kappa shape index (κ3) is 6.84. The first-order valence-electron chi connectivity index (χ1n) is 11.8. The van der Waals surface area contributed by atoms with Gasteiger partial charge in [-0.1, -0.05) is 60.9 Å². The Morgan fingerprint density at radius 1 is 1.14 bits per heavy atom. The Bertz CT molecular complexity index is 1370. The van der Waals surface area contributed by atoms with Gasteiger partial charge in [-0.2, -0.15) is 0 Å². The lowest BCUT2D eigenvalue weighted by Gasteiger charge is -2.16. The lowest BCUT2D eigenvalue weighted by Crippen LogP contribution is -2.15. The van der Waals surface area contributed by atoms with Crippen LogP contribution in [-0.4, -0.2) is 31.4 Å². The van der Waals surface area contributed by atoms with Gasteiger partial charge in [-0.05, 0) is 55.7 Å². The second kappa shape index (κ2) is 12.3. The van der Waals surface area contributed by atoms with E-state index >= 15 is 0 Å². The normalized spacial score (nSPS) is 12.1. The molecule has 1 unspecified atom stereocenters. The lowest BCUT2D eigenvalue weighted by atomic mass is 10.0. The van der Waals surface area contributed by atoms with Gasteiger partial charge in [0.25, 0.3) is 0 Å². The maximum absolute atomic E-state index is 12.6. The Hall–Kier alpha value is -2.59. The van der Waals surface area contributed by atoms with Crippen molar-refractivity contribution in [2.24, 2.45) is 0 Å². The Balaban J connectivity index is 1.35. The van der Waals surface area contributed by atoms with Gasteiger partial charge in [-0.15, -0.1) is 21.5 Å². The molecule has 0 aliphatic heterocycles. The zero-order valence-corrected chi connectivity index (χ0v) is 24.0. The van der Waals surface area contributed by atoms with Crippen LogP contribution in [0.2, 0.25) is 10.0 Å². The number of amides is 1. The van der Waals surface area contributed by atoms with Crippen LogP contribution in [0.5, 0.6) is 5.75 Å². The van der Waals surface area contributed by atoms with E-state index < -0.39 is 0 Å². The van der Waals surface area contributed by atoms with Crippen molar-refractivity contribution in [1.29, 1.82) is 0 Å². The van der Waals surface area contributed by atoms with Crippen LogP contribution in [0.15, 0.2) is 53.0 Å². The maximum atomic E-state index is 12.6. The van der Waals surface area contributed by atoms with Gasteiger partial charge in [0.05, 0.1) is 16.5 Å². The summed E-state index contributed by atoms with van der Waals surface area (Å²) in [5, 5.41) is 15.5. The number of rotatable bonds is 10. The molecule has 0 radical (unpaired) electrons. The van der Waals surface area contributed by atoms with Crippen LogP contribution >= 0.6 is 46.3 Å². The molecule has 37 heavy (non-hydrogen) atoms. The summed E-state index contributed by atoms with van der Waals surface area (Å²) in [6, 6.07) is 13.3. The van der Waals surface area contributed by atoms with Gasteiger partial charge in [0.2, 0.25) is 5.91 Å². The number of thiazole rings is 1. The summed E-state index contributed by atoms with van der Waals surface area (Å²) in [5.41, 5.74) is 2.70. The van der Waals surface area contributed by atoms with Gasteiger partial charge in [0, 0.05) is 22.5 Å². The number of hydrogen-bond donors (Lipinski definition) is 1. The van der Waals surface area contributed by atoms with Crippen molar-refractivity contribution in [3.05, 3.63) is 69.3 Å². The summed E-state index contributed by atoms with van der Waals surface area (Å²) < 4.78 is 8.08. The molecule has 194 valence electrons. The Labute approximate surface area is 234 Å². The van der Waals surface area contributed by atoms with Crippen LogP contribution in [0.3, 0.4) is 0 Å². The molecule has 1 N–H and O–H groups in total. The Kier molecular flexibility index (Phi) is 9.13. The van der Waals surface area contributed by atoms with Crippen molar-refractivity contribution >= 4 is 57.3 Å². The molecular formula is C26H27Cl2N5O2S2. The highest BCUT2D eigenvalue weighted by molar-refractivity contribution is 7.99. The summed E-state index contributed by atoms with van der Waals surface area (Å²) >= 11 is 14.9. The highest BCUT2D eigenvalue weighted by atomic mass is 35.5. The molecule has 7 nitrogen and oxygen atoms in total. The van der Waals surface area contributed by atoms with E-state index in [-0.39, 0.29) is 17.8 Å². The van der Waals surface area contributed by atoms with E-state index in [9.17, 15) is 4.79 Å². The number of carbonyl (C=O) groups excluding carboxylic acids is 1. The van der Waals surface area contributed by atoms with E-state index in [1.165, 1.54) is 28.7 Å². The molecule has 11 heteroatoms. The number of nitrogens with one attached hydrogen (secondary N) is 1. The van der Waals surface area contributed by atoms with E-state index in [0.717, 1.165) is 11.3 Å². The Morgan fingerprint density at radius 2 is 1.89 bits per heavy atom. The van der Waals surface area contributed by atoms with Crippen molar-refractivity contribution in [3.8, 4) is 17.0 Å². The zero-order chi connectivity index (χ0) is 26.5. The first kappa shape index (κ1) is 27.4. The highest BCUT2D eigenvalue weighted by Crippen LogP contribution is 2.32. The molecule has 0 spiro atoms. The van der Waals surface area contributed by atoms with E-state index in [1.807, 2.05) is 42.0 Å². The molecule has 0 saturated heterocycles. The number of thioether (sulfide) groups is 1. The minimum absolute atomic E-state index is 0.167. The molecule has 0 fully saturated rings. The summed E-state index contributed by atoms with van der Waals surface area (Å²) in [5.74, 6) is 1.93. The number of anilines is 1. The summed E-state index contributed by atoms with van der Waals surface area (Å²) in [7, 11) is 0. The maximum Gasteiger partial charge on any atom is 0.236 e. The lowest BCUT2D eigenvalue weighted by molar-refractivity contribution is -0.113. The number of nitrogens with zero attached hydrogens (tertiary/aromatic N) is 4. The standard InChI is InChI=1S/C26H27Cl2N5O2S2/c1-5-33-24(16(4)35-19-9-6-17(7-10-19)15(2)3)31-32-26(33)37-14-23(34)30-25-29-22(13-36-25)20-11-8-18(27)12-21(20)28/h6-13,15-16H,5,14H2,1-4H3,(H,29,30,34). The summed E-state index contributed by atoms with van der Waals surface area (Å²) in [6.45, 7) is 8.94. The molecule has 0 aliphatic rings. The van der Waals surface area contributed by atoms with Gasteiger partial charge >= 0.3 is 0 Å². The average molecular weight is 577 g/mol. The average Bonchev–Trinajstić information content (AvgIpc) is 3.49. The van der Waals surface area contributed by atoms with Crippen LogP contribution in [0, 0.1) is 0 Å². The number of aromatic nitrogens is 4. The number of benzene rings is 2. The van der Waals surface area contributed by atoms with E-state index in [0.29, 0.717) is 44.3 Å². The quantitative estimate of drug-likeness (QED) is 0.195. The summed E-state index contributed by atoms with van der Waals surface area (Å²) in [6.07, 6.45) is -0.297. The number of carbonyl (C=O) groups is 1. The van der Waals surface area contributed by atoms with Crippen molar-refractivity contribution in [3.63, 3.8) is 0 Å². The van der Waals surface area contributed by atoms with E-state index in [2.05, 4.69) is 46.5 Å². The van der Waals surface area contributed by atoms with Crippen LogP contribution in [-0.2, 0) is 11.3 Å². The second-order valence-electron chi connectivity index (χ2n) is 8.57. The van der Waals surface area contributed by atoms with Gasteiger partial charge in [0.1, 0.15) is 5.75 Å². The predicted octanol–water partition coefficient (Wildman–Crippen LogP) is 7.72. The molecule has 4 aromatic rings. The molecular weight excluding hydrogens is 549 g/mol. The van der Waals surface area contributed by atoms with Gasteiger partial charge < -0.3 is 14.6 Å². The van der Waals surface area contributed by atoms with Crippen LogP contribution < -0.4 is 10.1 Å². The van der Waals surface area contributed by atoms with Crippen LogP contribution in [0.1, 0.15) is 51.1 Å². The topological polar surface area (TPSA) is 81.9 Å². The number of ether oxygens (including phenoxy) is 1. The second-order valence-corrected chi connectivity index (χ2v) is 11.2. The number of hydrogen-bond acceptors (Lipinski definition) is 7. The predicted molar refractivity (Wildman–Crippen MR) is 152 cm³/mol. The first-order valence-corrected chi connectivity index (χ1v) is 14.4. The van der Waals surface area contributed by atoms with E-state index in [4.69, 9.17) is 27.9 Å². The number of halogens is 2. The fourth-order valence-corrected chi connectivity index (χ4v) is 5.67. The minimum Gasteiger partial charge on any atom is -0.483 e. The summed E-state index contributed by atoms with van der Waals surface area (Å²) in [4.78, 5) is 17.1. The van der Waals surface area contributed by atoms with Crippen molar-refractivity contribution in [2.75, 3.05) is 11.1 Å². The smallest absolute Gasteiger partial charge is 0.236 e. The molecule has 2 heterocycles. The van der Waals surface area contributed by atoms with Crippen molar-refractivity contribution in [1.82, 2.24) is 19.7 Å². The zero-order valence-electron chi connectivity index (χ0n) is 20.9. The molecule has 2 aromatic carbocycles. The SMILES string of the molecule is CCn1c(SCC(=O)Nc2nc(-c3ccc(Cl)cc3Cl)cs2)nnc1C(C)Oc1ccc(C(C)C)cc1. The molecule has 0 bridgehead atoms. The van der Waals surface area contributed by atoms with Gasteiger partial charge in [-0.25, -0.2) is 4.98 Å². The minimum atomic E-state index is -0.297. The third-order valence-electron chi connectivity index (χ3n) is 5.57. The van der Waals surface area contributed by atoms with Crippen LogP contribution in [0.4, 0.5) is 5.13 Å². The molecule has 1 atom stereocenters. The monoisotopic (exact) mass is 575 g/mol. The van der Waals surface area contributed by atoms with Crippen molar-refractivity contribution < 1.29 is 9.53 Å². The fourth-order valence-electron chi connectivity index (χ4n) is 3.63.